The Bertz CT molecular complexity index is 476. The zero-order valence-electron chi connectivity index (χ0n) is 8.34. The van der Waals surface area contributed by atoms with Crippen LogP contribution in [0, 0.1) is 6.92 Å². The molecule has 1 amide bonds. The Labute approximate surface area is 87.6 Å². The molecule has 2 rings (SSSR count). The van der Waals surface area contributed by atoms with E-state index < -0.39 is 0 Å². The van der Waals surface area contributed by atoms with E-state index in [4.69, 9.17) is 0 Å². The summed E-state index contributed by atoms with van der Waals surface area (Å²) in [7, 11) is 0. The number of imidazole rings is 1. The highest BCUT2D eigenvalue weighted by Gasteiger charge is 2.01. The normalized spacial score (nSPS) is 9.93. The highest BCUT2D eigenvalue weighted by molar-refractivity contribution is 5.68. The Morgan fingerprint density at radius 1 is 1.40 bits per heavy atom. The molecule has 2 aromatic rings. The fraction of sp³-hybridized carbons (Fsp3) is 0.0909. The van der Waals surface area contributed by atoms with Crippen molar-refractivity contribution in [2.24, 2.45) is 0 Å². The van der Waals surface area contributed by atoms with Crippen LogP contribution in [0.1, 0.15) is 5.56 Å². The number of hydrogen-bond acceptors (Lipinski definition) is 2. The van der Waals surface area contributed by atoms with Gasteiger partial charge in [-0.2, -0.15) is 0 Å². The minimum absolute atomic E-state index is 0.549. The third kappa shape index (κ3) is 1.88. The van der Waals surface area contributed by atoms with Crippen LogP contribution in [0.4, 0.5) is 5.82 Å². The van der Waals surface area contributed by atoms with Gasteiger partial charge in [0, 0.05) is 5.69 Å². The number of para-hydroxylation sites is 1. The molecule has 0 saturated heterocycles. The molecule has 0 aliphatic heterocycles. The summed E-state index contributed by atoms with van der Waals surface area (Å²) in [5.41, 5.74) is 2.22. The molecule has 76 valence electrons. The van der Waals surface area contributed by atoms with Crippen LogP contribution in [-0.2, 0) is 4.79 Å². The quantitative estimate of drug-likeness (QED) is 0.769. The lowest BCUT2D eigenvalue weighted by Crippen LogP contribution is -1.94. The number of carbonyl (C=O) groups is 1. The maximum Gasteiger partial charge on any atom is 0.212 e. The van der Waals surface area contributed by atoms with Gasteiger partial charge in [-0.1, -0.05) is 18.2 Å². The first kappa shape index (κ1) is 9.45. The number of benzene rings is 1. The predicted molar refractivity (Wildman–Crippen MR) is 58.0 cm³/mol. The molecule has 0 bridgehead atoms. The zero-order chi connectivity index (χ0) is 10.7. The molecule has 1 heterocycles. The topological polar surface area (TPSA) is 46.9 Å². The average molecular weight is 201 g/mol. The minimum atomic E-state index is 0.549. The summed E-state index contributed by atoms with van der Waals surface area (Å²) >= 11 is 0. The maximum atomic E-state index is 10.2. The summed E-state index contributed by atoms with van der Waals surface area (Å²) in [5.74, 6) is 0.549. The Kier molecular flexibility index (Phi) is 2.49. The van der Waals surface area contributed by atoms with Crippen molar-refractivity contribution < 1.29 is 4.79 Å². The van der Waals surface area contributed by atoms with E-state index in [0.29, 0.717) is 12.2 Å². The van der Waals surface area contributed by atoms with E-state index in [1.807, 2.05) is 35.8 Å². The van der Waals surface area contributed by atoms with E-state index in [1.54, 1.807) is 12.5 Å². The maximum absolute atomic E-state index is 10.2. The number of carbonyl (C=O) groups excluding carboxylic acids is 1. The second-order valence-corrected chi connectivity index (χ2v) is 3.21. The second kappa shape index (κ2) is 3.96. The molecule has 0 fully saturated rings. The largest absolute Gasteiger partial charge is 0.312 e. The van der Waals surface area contributed by atoms with Crippen molar-refractivity contribution in [2.45, 2.75) is 6.92 Å². The van der Waals surface area contributed by atoms with Gasteiger partial charge in [0.25, 0.3) is 0 Å². The fourth-order valence-corrected chi connectivity index (χ4v) is 1.44. The number of aromatic nitrogens is 2. The molecule has 0 aliphatic carbocycles. The molecule has 1 aromatic heterocycles. The lowest BCUT2D eigenvalue weighted by molar-refractivity contribution is -0.105. The second-order valence-electron chi connectivity index (χ2n) is 3.21. The van der Waals surface area contributed by atoms with Crippen molar-refractivity contribution >= 4 is 12.2 Å². The van der Waals surface area contributed by atoms with E-state index >= 15 is 0 Å². The number of aryl methyl sites for hydroxylation is 1. The van der Waals surface area contributed by atoms with Crippen molar-refractivity contribution in [1.82, 2.24) is 9.55 Å². The van der Waals surface area contributed by atoms with Gasteiger partial charge in [0.15, 0.2) is 5.82 Å². The summed E-state index contributed by atoms with van der Waals surface area (Å²) < 4.78 is 1.88. The Morgan fingerprint density at radius 3 is 2.93 bits per heavy atom. The van der Waals surface area contributed by atoms with Crippen LogP contribution in [0.5, 0.6) is 0 Å². The summed E-state index contributed by atoms with van der Waals surface area (Å²) in [5, 5.41) is 2.50. The monoisotopic (exact) mass is 201 g/mol. The number of rotatable bonds is 3. The van der Waals surface area contributed by atoms with Crippen molar-refractivity contribution in [3.05, 3.63) is 42.4 Å². The van der Waals surface area contributed by atoms with Gasteiger partial charge in [-0.15, -0.1) is 0 Å². The highest BCUT2D eigenvalue weighted by atomic mass is 16.1. The molecular weight excluding hydrogens is 190 g/mol. The van der Waals surface area contributed by atoms with E-state index in [1.165, 1.54) is 0 Å². The molecule has 0 spiro atoms. The van der Waals surface area contributed by atoms with Crippen LogP contribution in [0.2, 0.25) is 0 Å². The van der Waals surface area contributed by atoms with E-state index in [-0.39, 0.29) is 0 Å². The third-order valence-electron chi connectivity index (χ3n) is 2.18. The lowest BCUT2D eigenvalue weighted by atomic mass is 10.2. The number of amides is 1. The van der Waals surface area contributed by atoms with Crippen LogP contribution in [-0.4, -0.2) is 16.0 Å². The number of nitrogens with zero attached hydrogens (tertiary/aromatic N) is 2. The summed E-state index contributed by atoms with van der Waals surface area (Å²) in [4.78, 5) is 14.3. The Hall–Kier alpha value is -2.10. The average Bonchev–Trinajstić information content (AvgIpc) is 2.68. The summed E-state index contributed by atoms with van der Waals surface area (Å²) in [6.07, 6.45) is 4.06. The zero-order valence-corrected chi connectivity index (χ0v) is 8.34. The highest BCUT2D eigenvalue weighted by Crippen LogP contribution is 2.14. The van der Waals surface area contributed by atoms with Gasteiger partial charge in [0.1, 0.15) is 6.33 Å². The molecule has 0 unspecified atom stereocenters. The molecule has 0 atom stereocenters. The van der Waals surface area contributed by atoms with Crippen molar-refractivity contribution in [2.75, 3.05) is 5.32 Å². The first-order valence-electron chi connectivity index (χ1n) is 4.61. The molecule has 4 nitrogen and oxygen atoms in total. The van der Waals surface area contributed by atoms with Gasteiger partial charge in [0.2, 0.25) is 6.41 Å². The molecule has 0 saturated carbocycles. The van der Waals surface area contributed by atoms with Crippen molar-refractivity contribution in [1.29, 1.82) is 0 Å². The van der Waals surface area contributed by atoms with Gasteiger partial charge in [-0.05, 0) is 18.6 Å². The lowest BCUT2D eigenvalue weighted by Gasteiger charge is -2.04. The molecule has 15 heavy (non-hydrogen) atoms. The molecular formula is C11H11N3O. The van der Waals surface area contributed by atoms with Crippen LogP contribution in [0.3, 0.4) is 0 Å². The van der Waals surface area contributed by atoms with E-state index in [0.717, 1.165) is 11.3 Å². The van der Waals surface area contributed by atoms with Gasteiger partial charge in [0.05, 0.1) is 6.20 Å². The van der Waals surface area contributed by atoms with Gasteiger partial charge >= 0.3 is 0 Å². The standard InChI is InChI=1S/C11H11N3O/c1-9-4-2-3-5-10(9)14-6-11(12-7-14)13-8-15/h2-8H,1H3,(H,13,15). The number of hydrogen-bond donors (Lipinski definition) is 1. The Morgan fingerprint density at radius 2 is 2.20 bits per heavy atom. The van der Waals surface area contributed by atoms with Crippen LogP contribution < -0.4 is 5.32 Å². The molecule has 0 radical (unpaired) electrons. The van der Waals surface area contributed by atoms with E-state index in [9.17, 15) is 4.79 Å². The molecule has 0 aliphatic rings. The number of nitrogens with one attached hydrogen (secondary N) is 1. The van der Waals surface area contributed by atoms with Crippen molar-refractivity contribution in [3.63, 3.8) is 0 Å². The van der Waals surface area contributed by atoms with Gasteiger partial charge in [-0.25, -0.2) is 4.98 Å². The molecule has 4 heteroatoms. The molecule has 1 N–H and O–H groups in total. The Balaban J connectivity index is 2.37. The van der Waals surface area contributed by atoms with Crippen molar-refractivity contribution in [3.8, 4) is 5.69 Å². The fourth-order valence-electron chi connectivity index (χ4n) is 1.44. The van der Waals surface area contributed by atoms with E-state index in [2.05, 4.69) is 10.3 Å². The van der Waals surface area contributed by atoms with Gasteiger partial charge < -0.3 is 9.88 Å². The van der Waals surface area contributed by atoms with Crippen LogP contribution in [0.25, 0.3) is 5.69 Å². The van der Waals surface area contributed by atoms with Crippen LogP contribution in [0.15, 0.2) is 36.8 Å². The number of anilines is 1. The van der Waals surface area contributed by atoms with Gasteiger partial charge in [-0.3, -0.25) is 4.79 Å². The third-order valence-corrected chi connectivity index (χ3v) is 2.18. The summed E-state index contributed by atoms with van der Waals surface area (Å²) in [6.45, 7) is 2.03. The first-order chi connectivity index (χ1) is 7.31. The minimum Gasteiger partial charge on any atom is -0.312 e. The first-order valence-corrected chi connectivity index (χ1v) is 4.61. The predicted octanol–water partition coefficient (Wildman–Crippen LogP) is 1.75. The molecule has 1 aromatic carbocycles. The van der Waals surface area contributed by atoms with Crippen LogP contribution >= 0.6 is 0 Å². The SMILES string of the molecule is Cc1ccccc1-n1cnc(NC=O)c1. The summed E-state index contributed by atoms with van der Waals surface area (Å²) in [6, 6.07) is 7.99. The smallest absolute Gasteiger partial charge is 0.212 e.